The van der Waals surface area contributed by atoms with E-state index in [0.717, 1.165) is 45.8 Å². The lowest BCUT2D eigenvalue weighted by molar-refractivity contribution is -0.0834. The smallest absolute Gasteiger partial charge is 0.0664 e. The summed E-state index contributed by atoms with van der Waals surface area (Å²) in [7, 11) is 0. The summed E-state index contributed by atoms with van der Waals surface area (Å²) < 4.78 is 5.96. The van der Waals surface area contributed by atoms with Crippen LogP contribution in [0.3, 0.4) is 0 Å². The van der Waals surface area contributed by atoms with Gasteiger partial charge in [0.05, 0.1) is 19.3 Å². The third kappa shape index (κ3) is 3.42. The van der Waals surface area contributed by atoms with E-state index >= 15 is 0 Å². The Kier molecular flexibility index (Phi) is 4.99. The summed E-state index contributed by atoms with van der Waals surface area (Å²) in [5.41, 5.74) is 1.39. The second-order valence-corrected chi connectivity index (χ2v) is 8.07. The number of thiophene rings is 1. The molecule has 0 saturated carbocycles. The maximum atomic E-state index is 5.96. The molecule has 0 amide bonds. The maximum Gasteiger partial charge on any atom is 0.0664 e. The number of hydrogen-bond donors (Lipinski definition) is 0. The quantitative estimate of drug-likeness (QED) is 0.845. The third-order valence-electron chi connectivity index (χ3n) is 5.23. The molecule has 0 radical (unpaired) electrons. The van der Waals surface area contributed by atoms with E-state index in [4.69, 9.17) is 4.74 Å². The van der Waals surface area contributed by atoms with Gasteiger partial charge in [-0.05, 0) is 24.1 Å². The van der Waals surface area contributed by atoms with Gasteiger partial charge in [-0.15, -0.1) is 11.3 Å². The van der Waals surface area contributed by atoms with Crippen molar-refractivity contribution in [3.05, 3.63) is 57.8 Å². The number of aryl methyl sites for hydroxylation is 1. The lowest BCUT2D eigenvalue weighted by Crippen LogP contribution is -2.58. The molecule has 2 aliphatic rings. The molecule has 0 N–H and O–H groups in total. The van der Waals surface area contributed by atoms with E-state index in [0.29, 0.717) is 12.1 Å². The van der Waals surface area contributed by atoms with Crippen LogP contribution >= 0.6 is 11.3 Å². The summed E-state index contributed by atoms with van der Waals surface area (Å²) in [4.78, 5) is 8.26. The molecule has 0 unspecified atom stereocenters. The first kappa shape index (κ1) is 16.3. The van der Waals surface area contributed by atoms with Crippen LogP contribution in [0.5, 0.6) is 0 Å². The molecule has 2 fully saturated rings. The topological polar surface area (TPSA) is 15.7 Å². The first-order valence-electron chi connectivity index (χ1n) is 9.02. The standard InChI is InChI=1S/C20H26N2OS/c1-2-18-8-9-19(24-18)13-21-10-11-22-17(12-21)14-23-15-20(22)16-6-4-3-5-7-16/h3-9,17,20H,2,10-15H2,1H3/t17-,20-/m1/s1. The summed E-state index contributed by atoms with van der Waals surface area (Å²) in [5, 5.41) is 0. The van der Waals surface area contributed by atoms with Crippen LogP contribution in [0.1, 0.15) is 28.3 Å². The summed E-state index contributed by atoms with van der Waals surface area (Å²) in [6.07, 6.45) is 1.15. The van der Waals surface area contributed by atoms with Gasteiger partial charge in [0.2, 0.25) is 0 Å². The number of nitrogens with zero attached hydrogens (tertiary/aromatic N) is 2. The highest BCUT2D eigenvalue weighted by Crippen LogP contribution is 2.30. The van der Waals surface area contributed by atoms with E-state index in [9.17, 15) is 0 Å². The number of ether oxygens (including phenoxy) is 1. The maximum absolute atomic E-state index is 5.96. The van der Waals surface area contributed by atoms with Crippen molar-refractivity contribution >= 4 is 11.3 Å². The second-order valence-electron chi connectivity index (χ2n) is 6.81. The van der Waals surface area contributed by atoms with Crippen molar-refractivity contribution in [1.82, 2.24) is 9.80 Å². The van der Waals surface area contributed by atoms with Gasteiger partial charge in [0, 0.05) is 42.0 Å². The van der Waals surface area contributed by atoms with Gasteiger partial charge in [-0.2, -0.15) is 0 Å². The van der Waals surface area contributed by atoms with Crippen molar-refractivity contribution in [2.24, 2.45) is 0 Å². The molecule has 3 heterocycles. The Morgan fingerprint density at radius 2 is 1.88 bits per heavy atom. The minimum atomic E-state index is 0.417. The van der Waals surface area contributed by atoms with Crippen LogP contribution in [-0.2, 0) is 17.7 Å². The van der Waals surface area contributed by atoms with Crippen molar-refractivity contribution in [3.8, 4) is 0 Å². The summed E-state index contributed by atoms with van der Waals surface area (Å²) in [6, 6.07) is 16.4. The van der Waals surface area contributed by atoms with Gasteiger partial charge in [-0.3, -0.25) is 9.80 Å². The van der Waals surface area contributed by atoms with Gasteiger partial charge in [-0.1, -0.05) is 37.3 Å². The molecule has 0 spiro atoms. The van der Waals surface area contributed by atoms with Crippen LogP contribution in [0.25, 0.3) is 0 Å². The monoisotopic (exact) mass is 342 g/mol. The minimum absolute atomic E-state index is 0.417. The first-order chi connectivity index (χ1) is 11.8. The molecule has 4 heteroatoms. The van der Waals surface area contributed by atoms with E-state index in [2.05, 4.69) is 59.2 Å². The van der Waals surface area contributed by atoms with E-state index in [-0.39, 0.29) is 0 Å². The van der Waals surface area contributed by atoms with Crippen molar-refractivity contribution in [2.45, 2.75) is 32.0 Å². The predicted octanol–water partition coefficient (Wildman–Crippen LogP) is 3.57. The van der Waals surface area contributed by atoms with Gasteiger partial charge in [0.1, 0.15) is 0 Å². The summed E-state index contributed by atoms with van der Waals surface area (Å²) in [6.45, 7) is 8.42. The Morgan fingerprint density at radius 1 is 1.04 bits per heavy atom. The molecule has 128 valence electrons. The third-order valence-corrected chi connectivity index (χ3v) is 6.44. The second kappa shape index (κ2) is 7.36. The first-order valence-corrected chi connectivity index (χ1v) is 9.83. The fourth-order valence-electron chi connectivity index (χ4n) is 3.93. The highest BCUT2D eigenvalue weighted by molar-refractivity contribution is 7.11. The fraction of sp³-hybridized carbons (Fsp3) is 0.500. The Labute approximate surface area is 148 Å². The minimum Gasteiger partial charge on any atom is -0.378 e. The molecule has 24 heavy (non-hydrogen) atoms. The number of rotatable bonds is 4. The van der Waals surface area contributed by atoms with Gasteiger partial charge in [0.25, 0.3) is 0 Å². The molecule has 2 atom stereocenters. The van der Waals surface area contributed by atoms with Crippen LogP contribution in [-0.4, -0.2) is 48.7 Å². The molecule has 3 nitrogen and oxygen atoms in total. The molecule has 1 aromatic heterocycles. The van der Waals surface area contributed by atoms with Gasteiger partial charge in [-0.25, -0.2) is 0 Å². The van der Waals surface area contributed by atoms with Crippen LogP contribution in [0.4, 0.5) is 0 Å². The summed E-state index contributed by atoms with van der Waals surface area (Å²) >= 11 is 1.97. The molecule has 1 aromatic carbocycles. The Hall–Kier alpha value is -1.20. The van der Waals surface area contributed by atoms with Crippen LogP contribution in [0.2, 0.25) is 0 Å². The zero-order chi connectivity index (χ0) is 16.4. The van der Waals surface area contributed by atoms with E-state index in [1.165, 1.54) is 15.3 Å². The van der Waals surface area contributed by atoms with Crippen molar-refractivity contribution in [3.63, 3.8) is 0 Å². The predicted molar refractivity (Wildman–Crippen MR) is 99.5 cm³/mol. The Balaban J connectivity index is 1.42. The summed E-state index contributed by atoms with van der Waals surface area (Å²) in [5.74, 6) is 0. The normalized spacial score (nSPS) is 25.5. The SMILES string of the molecule is CCc1ccc(CN2CCN3[C@@H](COC[C@@H]3c3ccccc3)C2)s1. The lowest BCUT2D eigenvalue weighted by atomic mass is 10.00. The molecule has 2 aliphatic heterocycles. The van der Waals surface area contributed by atoms with E-state index in [1.807, 2.05) is 11.3 Å². The van der Waals surface area contributed by atoms with Crippen molar-refractivity contribution < 1.29 is 4.74 Å². The lowest BCUT2D eigenvalue weighted by Gasteiger charge is -2.48. The zero-order valence-corrected chi connectivity index (χ0v) is 15.2. The van der Waals surface area contributed by atoms with E-state index < -0.39 is 0 Å². The molecule has 0 aliphatic carbocycles. The average Bonchev–Trinajstić information content (AvgIpc) is 3.09. The number of fused-ring (bicyclic) bond motifs is 1. The van der Waals surface area contributed by atoms with Crippen LogP contribution in [0, 0.1) is 0 Å². The largest absolute Gasteiger partial charge is 0.378 e. The number of benzene rings is 1. The Bertz CT molecular complexity index is 657. The van der Waals surface area contributed by atoms with E-state index in [1.54, 1.807) is 0 Å². The van der Waals surface area contributed by atoms with Gasteiger partial charge < -0.3 is 4.74 Å². The Morgan fingerprint density at radius 3 is 2.67 bits per heavy atom. The zero-order valence-electron chi connectivity index (χ0n) is 14.4. The number of morpholine rings is 1. The van der Waals surface area contributed by atoms with Gasteiger partial charge >= 0.3 is 0 Å². The van der Waals surface area contributed by atoms with Gasteiger partial charge in [0.15, 0.2) is 0 Å². The van der Waals surface area contributed by atoms with Crippen molar-refractivity contribution in [2.75, 3.05) is 32.8 Å². The molecule has 2 saturated heterocycles. The molecular formula is C20H26N2OS. The molecule has 0 bridgehead atoms. The highest BCUT2D eigenvalue weighted by Gasteiger charge is 2.36. The van der Waals surface area contributed by atoms with Crippen LogP contribution < -0.4 is 0 Å². The molecule has 2 aromatic rings. The van der Waals surface area contributed by atoms with Crippen LogP contribution in [0.15, 0.2) is 42.5 Å². The highest BCUT2D eigenvalue weighted by atomic mass is 32.1. The molecular weight excluding hydrogens is 316 g/mol. The average molecular weight is 343 g/mol. The molecule has 4 rings (SSSR count). The number of hydrogen-bond acceptors (Lipinski definition) is 4. The fourth-order valence-corrected chi connectivity index (χ4v) is 4.93. The number of piperazine rings is 1. The van der Waals surface area contributed by atoms with Crippen molar-refractivity contribution in [1.29, 1.82) is 0 Å².